The Labute approximate surface area is 370 Å². The quantitative estimate of drug-likeness (QED) is 0.141. The molecule has 326 valence electrons. The first-order valence-corrected chi connectivity index (χ1v) is 22.4. The second-order valence-corrected chi connectivity index (χ2v) is 19.2. The number of imidazole rings is 2. The fourth-order valence-corrected chi connectivity index (χ4v) is 9.32. The fraction of sp³-hybridized carbons (Fsp3) is 0.385. The maximum atomic E-state index is 13.0. The Morgan fingerprint density at radius 1 is 0.587 bits per heavy atom. The number of carbonyl (C=O) groups excluding carboxylic acids is 2. The summed E-state index contributed by atoms with van der Waals surface area (Å²) in [6.07, 6.45) is 6.78. The molecular weight excluding hydrogens is 789 g/mol. The second-order valence-electron chi connectivity index (χ2n) is 19.2. The third kappa shape index (κ3) is 9.38. The van der Waals surface area contributed by atoms with Crippen molar-refractivity contribution in [1.29, 1.82) is 0 Å². The number of carbonyl (C=O) groups is 2. The van der Waals surface area contributed by atoms with Crippen molar-refractivity contribution in [3.05, 3.63) is 149 Å². The van der Waals surface area contributed by atoms with Crippen LogP contribution in [0, 0.1) is 0 Å². The Bertz CT molecular complexity index is 2380. The molecule has 4 atom stereocenters. The van der Waals surface area contributed by atoms with Crippen molar-refractivity contribution in [1.82, 2.24) is 29.7 Å². The number of benzene rings is 4. The van der Waals surface area contributed by atoms with E-state index in [9.17, 15) is 9.59 Å². The lowest BCUT2D eigenvalue weighted by molar-refractivity contribution is 0.0208. The van der Waals surface area contributed by atoms with Gasteiger partial charge in [-0.1, -0.05) is 91.0 Å². The molecule has 2 amide bonds. The second kappa shape index (κ2) is 17.1. The first-order chi connectivity index (χ1) is 30.3. The molecule has 9 rings (SSSR count). The van der Waals surface area contributed by atoms with Gasteiger partial charge in [0.15, 0.2) is 0 Å². The summed E-state index contributed by atoms with van der Waals surface area (Å²) in [5.41, 5.74) is 7.58. The summed E-state index contributed by atoms with van der Waals surface area (Å²) in [6.45, 7) is 13.2. The molecule has 3 aliphatic rings. The number of likely N-dealkylation sites (tertiary alicyclic amines) is 2. The molecule has 0 radical (unpaired) electrons. The number of hydrogen-bond donors (Lipinski definition) is 2. The third-order valence-corrected chi connectivity index (χ3v) is 12.3. The van der Waals surface area contributed by atoms with E-state index in [2.05, 4.69) is 94.9 Å². The molecule has 2 aliphatic heterocycles. The van der Waals surface area contributed by atoms with E-state index in [4.69, 9.17) is 24.2 Å². The Morgan fingerprint density at radius 3 is 1.41 bits per heavy atom. The molecule has 2 N–H and O–H groups in total. The van der Waals surface area contributed by atoms with E-state index < -0.39 is 11.2 Å². The highest BCUT2D eigenvalue weighted by Gasteiger charge is 2.52. The van der Waals surface area contributed by atoms with Crippen molar-refractivity contribution in [2.75, 3.05) is 13.1 Å². The average molecular weight is 847 g/mol. The smallest absolute Gasteiger partial charge is 0.410 e. The molecule has 11 nitrogen and oxygen atoms in total. The number of nitrogens with one attached hydrogen (secondary N) is 2. The van der Waals surface area contributed by atoms with E-state index in [1.165, 1.54) is 16.7 Å². The van der Waals surface area contributed by atoms with Crippen LogP contribution >= 0.6 is 0 Å². The monoisotopic (exact) mass is 846 g/mol. The Hall–Kier alpha value is -6.36. The Morgan fingerprint density at radius 2 is 1.00 bits per heavy atom. The molecule has 2 unspecified atom stereocenters. The van der Waals surface area contributed by atoms with Crippen molar-refractivity contribution in [3.8, 4) is 28.3 Å². The third-order valence-electron chi connectivity index (χ3n) is 12.3. The van der Waals surface area contributed by atoms with Crippen LogP contribution in [0.3, 0.4) is 0 Å². The van der Waals surface area contributed by atoms with Crippen LogP contribution in [-0.4, -0.2) is 66.2 Å². The summed E-state index contributed by atoms with van der Waals surface area (Å²) in [6, 6.07) is 36.2. The number of hydrogen-bond acceptors (Lipinski definition) is 7. The number of aromatic amines is 2. The van der Waals surface area contributed by atoms with Gasteiger partial charge in [0.05, 0.1) is 23.5 Å². The summed E-state index contributed by atoms with van der Waals surface area (Å²) < 4.78 is 17.6. The topological polar surface area (TPSA) is 126 Å². The summed E-state index contributed by atoms with van der Waals surface area (Å²) in [4.78, 5) is 46.3. The van der Waals surface area contributed by atoms with E-state index in [1.54, 1.807) is 9.80 Å². The summed E-state index contributed by atoms with van der Waals surface area (Å²) in [5, 5.41) is 0. The lowest BCUT2D eigenvalue weighted by atomic mass is 10.0. The molecular formula is C52H58N6O5. The zero-order valence-electron chi connectivity index (χ0n) is 37.1. The van der Waals surface area contributed by atoms with Crippen LogP contribution in [0.25, 0.3) is 22.5 Å². The van der Waals surface area contributed by atoms with E-state index >= 15 is 0 Å². The molecule has 63 heavy (non-hydrogen) atoms. The van der Waals surface area contributed by atoms with Gasteiger partial charge in [-0.15, -0.1) is 0 Å². The van der Waals surface area contributed by atoms with Crippen molar-refractivity contribution in [2.24, 2.45) is 0 Å². The van der Waals surface area contributed by atoms with E-state index in [1.807, 2.05) is 72.1 Å². The van der Waals surface area contributed by atoms with E-state index in [0.717, 1.165) is 71.2 Å². The largest absolute Gasteiger partial charge is 0.489 e. The molecule has 6 aromatic rings. The number of amides is 2. The molecule has 0 spiro atoms. The van der Waals surface area contributed by atoms with Gasteiger partial charge < -0.3 is 24.2 Å². The van der Waals surface area contributed by atoms with Gasteiger partial charge in [0, 0.05) is 36.6 Å². The van der Waals surface area contributed by atoms with E-state index in [-0.39, 0.29) is 42.0 Å². The number of ether oxygens (including phenoxy) is 3. The lowest BCUT2D eigenvalue weighted by Gasteiger charge is -2.27. The molecule has 2 saturated heterocycles. The minimum atomic E-state index is -0.557. The lowest BCUT2D eigenvalue weighted by Crippen LogP contribution is -2.36. The Kier molecular flexibility index (Phi) is 11.4. The van der Waals surface area contributed by atoms with Crippen molar-refractivity contribution in [3.63, 3.8) is 0 Å². The first kappa shape index (κ1) is 42.0. The van der Waals surface area contributed by atoms with Gasteiger partial charge >= 0.3 is 12.2 Å². The molecule has 4 heterocycles. The summed E-state index contributed by atoms with van der Waals surface area (Å²) in [5.74, 6) is 3.24. The summed E-state index contributed by atoms with van der Waals surface area (Å²) >= 11 is 0. The van der Waals surface area contributed by atoms with Crippen LogP contribution in [0.4, 0.5) is 9.59 Å². The van der Waals surface area contributed by atoms with Crippen LogP contribution in [0.2, 0.25) is 0 Å². The molecule has 11 heteroatoms. The number of aromatic nitrogens is 4. The van der Waals surface area contributed by atoms with Gasteiger partial charge in [0.25, 0.3) is 0 Å². The molecule has 0 bridgehead atoms. The first-order valence-electron chi connectivity index (χ1n) is 22.4. The SMILES string of the molecule is CC(C)(C)OC(=O)N1CCC[C@H]1c1nc(-c2ccc(C3C(c4ccc(OCc5ccccc5)cc4)C3c3ccc(-c4c[nH]c([C@@H]5CCCN5C(=O)OC(C)(C)C)n4)cc3)cc2)c[nH]1. The van der Waals surface area contributed by atoms with Crippen LogP contribution in [0.5, 0.6) is 5.75 Å². The minimum Gasteiger partial charge on any atom is -0.489 e. The molecule has 1 saturated carbocycles. The normalized spacial score (nSPS) is 21.1. The van der Waals surface area contributed by atoms with Crippen molar-refractivity contribution < 1.29 is 23.8 Å². The van der Waals surface area contributed by atoms with Gasteiger partial charge in [-0.2, -0.15) is 0 Å². The van der Waals surface area contributed by atoms with E-state index in [0.29, 0.717) is 19.7 Å². The van der Waals surface area contributed by atoms with Crippen LogP contribution in [0.1, 0.15) is 131 Å². The molecule has 2 aromatic heterocycles. The van der Waals surface area contributed by atoms with Gasteiger partial charge in [-0.25, -0.2) is 19.6 Å². The van der Waals surface area contributed by atoms with Gasteiger partial charge in [0.1, 0.15) is 35.2 Å². The maximum absolute atomic E-state index is 13.0. The zero-order chi connectivity index (χ0) is 43.9. The fourth-order valence-electron chi connectivity index (χ4n) is 9.32. The maximum Gasteiger partial charge on any atom is 0.410 e. The number of rotatable bonds is 10. The van der Waals surface area contributed by atoms with Crippen LogP contribution < -0.4 is 4.74 Å². The molecule has 1 aliphatic carbocycles. The van der Waals surface area contributed by atoms with Gasteiger partial charge in [-0.05, 0) is 119 Å². The molecule has 4 aromatic carbocycles. The Balaban J connectivity index is 0.934. The van der Waals surface area contributed by atoms with Crippen LogP contribution in [-0.2, 0) is 16.1 Å². The van der Waals surface area contributed by atoms with Gasteiger partial charge in [0.2, 0.25) is 0 Å². The highest BCUT2D eigenvalue weighted by Crippen LogP contribution is 2.66. The highest BCUT2D eigenvalue weighted by molar-refractivity contribution is 5.70. The van der Waals surface area contributed by atoms with Crippen molar-refractivity contribution >= 4 is 12.2 Å². The zero-order valence-corrected chi connectivity index (χ0v) is 37.1. The summed E-state index contributed by atoms with van der Waals surface area (Å²) in [7, 11) is 0. The highest BCUT2D eigenvalue weighted by atomic mass is 16.6. The predicted molar refractivity (Wildman–Crippen MR) is 243 cm³/mol. The minimum absolute atomic E-state index is 0.140. The standard InChI is InChI=1S/C52H58N6O5/c1-51(2,3)62-49(59)57-28-10-14-42(57)47-53-30-40(55-47)34-16-20-36(21-17-34)44-45(46(44)38-24-26-39(27-25-38)61-32-33-12-8-7-9-13-33)37-22-18-35(19-23-37)41-31-54-48(56-41)43-15-11-29-58(43)50(60)63-52(4,5)6/h7-9,12-13,16-27,30-31,42-46H,10-11,14-15,28-29,32H2,1-6H3,(H,53,55)(H,54,56)/t42-,43-,44?,45?,46?/m0/s1. The van der Waals surface area contributed by atoms with Crippen LogP contribution in [0.15, 0.2) is 116 Å². The van der Waals surface area contributed by atoms with Crippen molar-refractivity contribution in [2.45, 2.75) is 115 Å². The number of H-pyrrole nitrogens is 2. The molecule has 3 fully saturated rings. The number of nitrogens with zero attached hydrogens (tertiary/aromatic N) is 4. The predicted octanol–water partition coefficient (Wildman–Crippen LogP) is 11.9. The average Bonchev–Trinajstić information content (AvgIpc) is 3.89. The van der Waals surface area contributed by atoms with Gasteiger partial charge in [-0.3, -0.25) is 9.80 Å².